The predicted octanol–water partition coefficient (Wildman–Crippen LogP) is 1.80. The fraction of sp³-hybridized carbons (Fsp3) is 0.632. The molecule has 6 heteroatoms. The number of methoxy groups -OCH3 is 1. The molecule has 1 aliphatic carbocycles. The van der Waals surface area contributed by atoms with Crippen LogP contribution in [0.3, 0.4) is 0 Å². The molecule has 0 unspecified atom stereocenters. The van der Waals surface area contributed by atoms with E-state index in [1.165, 1.54) is 7.11 Å². The zero-order valence-electron chi connectivity index (χ0n) is 15.3. The lowest BCUT2D eigenvalue weighted by molar-refractivity contribution is -0.145. The number of nitrogens with zero attached hydrogens (tertiary/aromatic N) is 3. The summed E-state index contributed by atoms with van der Waals surface area (Å²) >= 11 is 0. The van der Waals surface area contributed by atoms with Gasteiger partial charge in [0.2, 0.25) is 5.91 Å². The first kappa shape index (κ1) is 17.9. The maximum atomic E-state index is 12.4. The number of hydrogen-bond acceptors (Lipinski definition) is 5. The number of pyridine rings is 1. The molecule has 2 heterocycles. The molecule has 1 aromatic rings. The number of amides is 1. The molecule has 1 saturated carbocycles. The van der Waals surface area contributed by atoms with Gasteiger partial charge in [-0.05, 0) is 57.3 Å². The van der Waals surface area contributed by atoms with Crippen molar-refractivity contribution in [3.63, 3.8) is 0 Å². The lowest BCUT2D eigenvalue weighted by atomic mass is 9.65. The van der Waals surface area contributed by atoms with Gasteiger partial charge in [-0.3, -0.25) is 19.5 Å². The Labute approximate surface area is 149 Å². The van der Waals surface area contributed by atoms with Gasteiger partial charge in [0.15, 0.2) is 0 Å². The van der Waals surface area contributed by atoms with E-state index >= 15 is 0 Å². The molecular weight excluding hydrogens is 318 g/mol. The van der Waals surface area contributed by atoms with Crippen LogP contribution in [0.25, 0.3) is 0 Å². The standard InChI is InChI=1S/C19H27N3O3/c1-21(2)19(15-6-4-5-11-20-15)9-7-18(8-10-19)12-16(23)22(14-18)13-17(24)25-3/h4-6,11H,7-10,12-14H2,1-3H3/t18-,19-. The molecule has 2 aliphatic rings. The van der Waals surface area contributed by atoms with Crippen LogP contribution in [0.4, 0.5) is 0 Å². The molecule has 136 valence electrons. The highest BCUT2D eigenvalue weighted by Gasteiger charge is 2.50. The summed E-state index contributed by atoms with van der Waals surface area (Å²) in [7, 11) is 5.57. The van der Waals surface area contributed by atoms with Gasteiger partial charge in [-0.1, -0.05) is 6.07 Å². The minimum atomic E-state index is -0.350. The Morgan fingerprint density at radius 3 is 2.56 bits per heavy atom. The van der Waals surface area contributed by atoms with E-state index in [4.69, 9.17) is 4.74 Å². The SMILES string of the molecule is COC(=O)CN1C[C@]2(CC[C@](c3ccccn3)(N(C)C)CC2)CC1=O. The molecule has 0 atom stereocenters. The quantitative estimate of drug-likeness (QED) is 0.779. The van der Waals surface area contributed by atoms with Crippen LogP contribution in [0.15, 0.2) is 24.4 Å². The molecular formula is C19H27N3O3. The summed E-state index contributed by atoms with van der Waals surface area (Å²) in [6, 6.07) is 6.08. The second-order valence-corrected chi connectivity index (χ2v) is 7.64. The lowest BCUT2D eigenvalue weighted by Gasteiger charge is -2.48. The number of esters is 1. The predicted molar refractivity (Wildman–Crippen MR) is 93.7 cm³/mol. The first-order valence-corrected chi connectivity index (χ1v) is 8.84. The molecule has 1 aliphatic heterocycles. The Balaban J connectivity index is 1.74. The molecule has 0 radical (unpaired) electrons. The smallest absolute Gasteiger partial charge is 0.325 e. The summed E-state index contributed by atoms with van der Waals surface area (Å²) in [5.74, 6) is -0.280. The maximum Gasteiger partial charge on any atom is 0.325 e. The van der Waals surface area contributed by atoms with Crippen LogP contribution >= 0.6 is 0 Å². The third-order valence-corrected chi connectivity index (χ3v) is 6.09. The van der Waals surface area contributed by atoms with Crippen molar-refractivity contribution in [3.05, 3.63) is 30.1 Å². The number of rotatable bonds is 4. The normalized spacial score (nSPS) is 29.4. The fourth-order valence-corrected chi connectivity index (χ4v) is 4.45. The Morgan fingerprint density at radius 1 is 1.28 bits per heavy atom. The van der Waals surface area contributed by atoms with Gasteiger partial charge < -0.3 is 9.64 Å². The van der Waals surface area contributed by atoms with Crippen LogP contribution in [0.2, 0.25) is 0 Å². The summed E-state index contributed by atoms with van der Waals surface area (Å²) in [6.07, 6.45) is 6.25. The first-order valence-electron chi connectivity index (χ1n) is 8.84. The second kappa shape index (κ2) is 6.75. The minimum Gasteiger partial charge on any atom is -0.468 e. The topological polar surface area (TPSA) is 62.7 Å². The van der Waals surface area contributed by atoms with Crippen LogP contribution in [-0.2, 0) is 19.9 Å². The number of carbonyl (C=O) groups is 2. The Bertz CT molecular complexity index is 637. The van der Waals surface area contributed by atoms with Crippen molar-refractivity contribution >= 4 is 11.9 Å². The van der Waals surface area contributed by atoms with E-state index in [1.807, 2.05) is 18.3 Å². The summed E-state index contributed by atoms with van der Waals surface area (Å²) in [6.45, 7) is 0.725. The molecule has 0 N–H and O–H groups in total. The molecule has 6 nitrogen and oxygen atoms in total. The van der Waals surface area contributed by atoms with Crippen LogP contribution in [-0.4, -0.2) is 61.0 Å². The van der Waals surface area contributed by atoms with Gasteiger partial charge in [0.05, 0.1) is 18.3 Å². The number of aromatic nitrogens is 1. The fourth-order valence-electron chi connectivity index (χ4n) is 4.45. The summed E-state index contributed by atoms with van der Waals surface area (Å²) in [5.41, 5.74) is 1.01. The molecule has 1 saturated heterocycles. The second-order valence-electron chi connectivity index (χ2n) is 7.64. The van der Waals surface area contributed by atoms with E-state index in [0.717, 1.165) is 31.4 Å². The summed E-state index contributed by atoms with van der Waals surface area (Å²) < 4.78 is 4.71. The largest absolute Gasteiger partial charge is 0.468 e. The first-order chi connectivity index (χ1) is 11.9. The maximum absolute atomic E-state index is 12.4. The third-order valence-electron chi connectivity index (χ3n) is 6.09. The lowest BCUT2D eigenvalue weighted by Crippen LogP contribution is -2.48. The van der Waals surface area contributed by atoms with Crippen LogP contribution in [0.5, 0.6) is 0 Å². The van der Waals surface area contributed by atoms with Crippen molar-refractivity contribution < 1.29 is 14.3 Å². The van der Waals surface area contributed by atoms with Gasteiger partial charge >= 0.3 is 5.97 Å². The number of carbonyl (C=O) groups excluding carboxylic acids is 2. The van der Waals surface area contributed by atoms with Crippen LogP contribution in [0, 0.1) is 5.41 Å². The average Bonchev–Trinajstić information content (AvgIpc) is 2.91. The van der Waals surface area contributed by atoms with E-state index in [2.05, 4.69) is 30.0 Å². The molecule has 2 fully saturated rings. The van der Waals surface area contributed by atoms with E-state index in [-0.39, 0.29) is 29.4 Å². The molecule has 25 heavy (non-hydrogen) atoms. The van der Waals surface area contributed by atoms with Crippen molar-refractivity contribution in [3.8, 4) is 0 Å². The van der Waals surface area contributed by atoms with E-state index < -0.39 is 0 Å². The number of likely N-dealkylation sites (tertiary alicyclic amines) is 1. The van der Waals surface area contributed by atoms with Crippen molar-refractivity contribution in [2.45, 2.75) is 37.6 Å². The Kier molecular flexibility index (Phi) is 4.82. The van der Waals surface area contributed by atoms with Gasteiger partial charge in [-0.25, -0.2) is 0 Å². The van der Waals surface area contributed by atoms with Gasteiger partial charge in [0.1, 0.15) is 6.54 Å². The van der Waals surface area contributed by atoms with Crippen molar-refractivity contribution in [2.24, 2.45) is 5.41 Å². The number of hydrogen-bond donors (Lipinski definition) is 0. The van der Waals surface area contributed by atoms with E-state index in [1.54, 1.807) is 4.90 Å². The third kappa shape index (κ3) is 3.27. The van der Waals surface area contributed by atoms with Crippen LogP contribution in [0.1, 0.15) is 37.8 Å². The number of ether oxygens (including phenoxy) is 1. The zero-order valence-corrected chi connectivity index (χ0v) is 15.3. The molecule has 1 spiro atoms. The van der Waals surface area contributed by atoms with Gasteiger partial charge in [0.25, 0.3) is 0 Å². The van der Waals surface area contributed by atoms with Gasteiger partial charge in [-0.2, -0.15) is 0 Å². The van der Waals surface area contributed by atoms with Gasteiger partial charge in [0, 0.05) is 19.2 Å². The van der Waals surface area contributed by atoms with Crippen molar-refractivity contribution in [1.29, 1.82) is 0 Å². The Morgan fingerprint density at radius 2 is 2.00 bits per heavy atom. The van der Waals surface area contributed by atoms with Gasteiger partial charge in [-0.15, -0.1) is 0 Å². The molecule has 1 aromatic heterocycles. The van der Waals surface area contributed by atoms with E-state index in [0.29, 0.717) is 13.0 Å². The monoisotopic (exact) mass is 345 g/mol. The summed E-state index contributed by atoms with van der Waals surface area (Å²) in [5, 5.41) is 0. The molecule has 0 bridgehead atoms. The van der Waals surface area contributed by atoms with E-state index in [9.17, 15) is 9.59 Å². The minimum absolute atomic E-state index is 0.0145. The highest BCUT2D eigenvalue weighted by atomic mass is 16.5. The molecule has 0 aromatic carbocycles. The highest BCUT2D eigenvalue weighted by Crippen LogP contribution is 2.51. The molecule has 1 amide bonds. The Hall–Kier alpha value is -1.95. The van der Waals surface area contributed by atoms with Crippen LogP contribution < -0.4 is 0 Å². The van der Waals surface area contributed by atoms with Crippen molar-refractivity contribution in [2.75, 3.05) is 34.3 Å². The summed E-state index contributed by atoms with van der Waals surface area (Å²) in [4.78, 5) is 32.4. The van der Waals surface area contributed by atoms with Crippen molar-refractivity contribution in [1.82, 2.24) is 14.8 Å². The zero-order chi connectivity index (χ0) is 18.1. The highest BCUT2D eigenvalue weighted by molar-refractivity contribution is 5.84. The molecule has 3 rings (SSSR count). The average molecular weight is 345 g/mol.